The highest BCUT2D eigenvalue weighted by atomic mass is 16.4. The van der Waals surface area contributed by atoms with Gasteiger partial charge in [0.15, 0.2) is 5.76 Å². The number of oxazole rings is 1. The molecule has 5 rings (SSSR count). The van der Waals surface area contributed by atoms with Crippen LogP contribution in [-0.4, -0.2) is 25.6 Å². The molecule has 0 saturated carbocycles. The summed E-state index contributed by atoms with van der Waals surface area (Å²) in [4.78, 5) is 19.6. The first-order chi connectivity index (χ1) is 14.5. The van der Waals surface area contributed by atoms with Crippen molar-refractivity contribution >= 4 is 27.8 Å². The second-order valence-corrected chi connectivity index (χ2v) is 7.41. The van der Waals surface area contributed by atoms with Gasteiger partial charge in [-0.2, -0.15) is 0 Å². The molecule has 0 unspecified atom stereocenters. The van der Waals surface area contributed by atoms with Crippen LogP contribution in [0, 0.1) is 13.8 Å². The molecule has 148 valence electrons. The summed E-state index contributed by atoms with van der Waals surface area (Å²) >= 11 is 0. The van der Waals surface area contributed by atoms with Crippen LogP contribution in [0.2, 0.25) is 0 Å². The number of carboxylic acid groups (broad SMARTS) is 1. The average Bonchev–Trinajstić information content (AvgIpc) is 3.34. The molecular formula is C24H19N3O3. The van der Waals surface area contributed by atoms with Crippen LogP contribution < -0.4 is 0 Å². The van der Waals surface area contributed by atoms with Crippen LogP contribution in [-0.2, 0) is 6.54 Å². The van der Waals surface area contributed by atoms with Gasteiger partial charge in [-0.1, -0.05) is 48.0 Å². The standard InChI is InChI=1S/C24H19N3O3/c1-14-7-9-16(10-8-14)13-27-20-6-4-3-5-17(20)18-11-19(26-15(2)22(18)27)21-12-25-23(30-21)24(28)29/h3-12H,13H2,1-2H3,(H,28,29). The van der Waals surface area contributed by atoms with Crippen molar-refractivity contribution < 1.29 is 14.3 Å². The van der Waals surface area contributed by atoms with Crippen molar-refractivity contribution in [1.82, 2.24) is 14.5 Å². The number of carboxylic acids is 1. The number of pyridine rings is 1. The Kier molecular flexibility index (Phi) is 4.13. The number of aromatic carboxylic acids is 1. The van der Waals surface area contributed by atoms with E-state index in [2.05, 4.69) is 52.9 Å². The fourth-order valence-corrected chi connectivity index (χ4v) is 3.93. The molecule has 30 heavy (non-hydrogen) atoms. The largest absolute Gasteiger partial charge is 0.474 e. The molecule has 6 nitrogen and oxygen atoms in total. The van der Waals surface area contributed by atoms with E-state index in [0.717, 1.165) is 34.0 Å². The Morgan fingerprint density at radius 2 is 1.83 bits per heavy atom. The molecule has 5 aromatic rings. The number of hydrogen-bond acceptors (Lipinski definition) is 4. The van der Waals surface area contributed by atoms with Crippen LogP contribution in [0.5, 0.6) is 0 Å². The highest BCUT2D eigenvalue weighted by Gasteiger charge is 2.18. The number of aryl methyl sites for hydroxylation is 2. The monoisotopic (exact) mass is 397 g/mol. The summed E-state index contributed by atoms with van der Waals surface area (Å²) in [7, 11) is 0. The molecule has 0 atom stereocenters. The molecule has 2 aromatic carbocycles. The molecule has 0 bridgehead atoms. The van der Waals surface area contributed by atoms with Gasteiger partial charge in [-0.3, -0.25) is 0 Å². The number of benzene rings is 2. The maximum absolute atomic E-state index is 11.1. The van der Waals surface area contributed by atoms with Crippen LogP contribution in [0.4, 0.5) is 0 Å². The van der Waals surface area contributed by atoms with Crippen molar-refractivity contribution in [3.05, 3.63) is 83.5 Å². The lowest BCUT2D eigenvalue weighted by molar-refractivity contribution is 0.0654. The third kappa shape index (κ3) is 2.93. The van der Waals surface area contributed by atoms with Gasteiger partial charge in [0.1, 0.15) is 5.69 Å². The van der Waals surface area contributed by atoms with Crippen LogP contribution in [0.25, 0.3) is 33.3 Å². The van der Waals surface area contributed by atoms with Gasteiger partial charge in [0, 0.05) is 22.8 Å². The molecule has 0 aliphatic rings. The first-order valence-corrected chi connectivity index (χ1v) is 9.65. The molecule has 3 aromatic heterocycles. The summed E-state index contributed by atoms with van der Waals surface area (Å²) in [5, 5.41) is 11.3. The fourth-order valence-electron chi connectivity index (χ4n) is 3.93. The van der Waals surface area contributed by atoms with Crippen molar-refractivity contribution in [2.75, 3.05) is 0 Å². The van der Waals surface area contributed by atoms with E-state index in [0.29, 0.717) is 11.5 Å². The number of para-hydroxylation sites is 1. The number of rotatable bonds is 4. The van der Waals surface area contributed by atoms with Crippen molar-refractivity contribution in [1.29, 1.82) is 0 Å². The molecule has 3 heterocycles. The molecule has 6 heteroatoms. The van der Waals surface area contributed by atoms with Gasteiger partial charge in [-0.25, -0.2) is 14.8 Å². The first kappa shape index (κ1) is 18.1. The van der Waals surface area contributed by atoms with E-state index in [9.17, 15) is 4.79 Å². The maximum Gasteiger partial charge on any atom is 0.392 e. The Balaban J connectivity index is 1.72. The van der Waals surface area contributed by atoms with Crippen LogP contribution in [0.3, 0.4) is 0 Å². The summed E-state index contributed by atoms with van der Waals surface area (Å²) in [6.45, 7) is 4.78. The second kappa shape index (κ2) is 6.84. The Morgan fingerprint density at radius 1 is 1.07 bits per heavy atom. The van der Waals surface area contributed by atoms with Crippen LogP contribution >= 0.6 is 0 Å². The van der Waals surface area contributed by atoms with Crippen molar-refractivity contribution in [3.8, 4) is 11.5 Å². The lowest BCUT2D eigenvalue weighted by Crippen LogP contribution is -2.01. The van der Waals surface area contributed by atoms with Crippen LogP contribution in [0.1, 0.15) is 27.5 Å². The smallest absolute Gasteiger partial charge is 0.392 e. The molecule has 0 aliphatic carbocycles. The van der Waals surface area contributed by atoms with E-state index in [4.69, 9.17) is 14.5 Å². The zero-order valence-corrected chi connectivity index (χ0v) is 16.6. The predicted molar refractivity (Wildman–Crippen MR) is 115 cm³/mol. The summed E-state index contributed by atoms with van der Waals surface area (Å²) in [5.41, 5.74) is 6.04. The Morgan fingerprint density at radius 3 is 2.57 bits per heavy atom. The molecule has 0 amide bonds. The summed E-state index contributed by atoms with van der Waals surface area (Å²) in [6.07, 6.45) is 1.41. The Hall–Kier alpha value is -3.93. The van der Waals surface area contributed by atoms with Crippen molar-refractivity contribution in [2.45, 2.75) is 20.4 Å². The minimum atomic E-state index is -1.20. The molecule has 0 saturated heterocycles. The summed E-state index contributed by atoms with van der Waals surface area (Å²) in [6, 6.07) is 18.7. The Labute approximate surface area is 172 Å². The van der Waals surface area contributed by atoms with Gasteiger partial charge in [-0.15, -0.1) is 0 Å². The van der Waals surface area contributed by atoms with Gasteiger partial charge in [0.25, 0.3) is 0 Å². The normalized spacial score (nSPS) is 11.4. The van der Waals surface area contributed by atoms with Gasteiger partial charge in [-0.05, 0) is 31.5 Å². The van der Waals surface area contributed by atoms with Crippen LogP contribution in [0.15, 0.2) is 65.2 Å². The zero-order chi connectivity index (χ0) is 20.8. The third-order valence-corrected chi connectivity index (χ3v) is 5.32. The molecule has 0 radical (unpaired) electrons. The molecule has 0 fully saturated rings. The molecule has 0 spiro atoms. The minimum Gasteiger partial charge on any atom is -0.474 e. The average molecular weight is 397 g/mol. The number of nitrogens with zero attached hydrogens (tertiary/aromatic N) is 3. The highest BCUT2D eigenvalue weighted by Crippen LogP contribution is 2.34. The number of fused-ring (bicyclic) bond motifs is 3. The van der Waals surface area contributed by atoms with Gasteiger partial charge in [0.2, 0.25) is 0 Å². The van der Waals surface area contributed by atoms with E-state index in [1.165, 1.54) is 17.3 Å². The van der Waals surface area contributed by atoms with Gasteiger partial charge in [0.05, 0.1) is 17.4 Å². The van der Waals surface area contributed by atoms with Gasteiger partial charge >= 0.3 is 11.9 Å². The lowest BCUT2D eigenvalue weighted by atomic mass is 10.1. The number of carbonyl (C=O) groups is 1. The van der Waals surface area contributed by atoms with E-state index in [1.54, 1.807) is 0 Å². The number of hydrogen-bond donors (Lipinski definition) is 1. The Bertz CT molecular complexity index is 1410. The van der Waals surface area contributed by atoms with Crippen molar-refractivity contribution in [2.24, 2.45) is 0 Å². The second-order valence-electron chi connectivity index (χ2n) is 7.41. The predicted octanol–water partition coefficient (Wildman–Crippen LogP) is 5.21. The number of aromatic nitrogens is 3. The molecule has 0 aliphatic heterocycles. The van der Waals surface area contributed by atoms with E-state index in [1.807, 2.05) is 25.1 Å². The summed E-state index contributed by atoms with van der Waals surface area (Å²) in [5.74, 6) is -1.20. The van der Waals surface area contributed by atoms with E-state index in [-0.39, 0.29) is 5.89 Å². The highest BCUT2D eigenvalue weighted by molar-refractivity contribution is 6.09. The van der Waals surface area contributed by atoms with E-state index < -0.39 is 5.97 Å². The first-order valence-electron chi connectivity index (χ1n) is 9.65. The third-order valence-electron chi connectivity index (χ3n) is 5.32. The zero-order valence-electron chi connectivity index (χ0n) is 16.6. The topological polar surface area (TPSA) is 81.2 Å². The SMILES string of the molecule is Cc1ccc(Cn2c3ccccc3c3cc(-c4cnc(C(=O)O)o4)nc(C)c32)cc1. The fraction of sp³-hybridized carbons (Fsp3) is 0.125. The lowest BCUT2D eigenvalue weighted by Gasteiger charge is -2.10. The molecule has 1 N–H and O–H groups in total. The minimum absolute atomic E-state index is 0.341. The maximum atomic E-state index is 11.1. The summed E-state index contributed by atoms with van der Waals surface area (Å²) < 4.78 is 7.66. The quantitative estimate of drug-likeness (QED) is 0.450. The molecular weight excluding hydrogens is 378 g/mol. The van der Waals surface area contributed by atoms with E-state index >= 15 is 0 Å². The van der Waals surface area contributed by atoms with Gasteiger partial charge < -0.3 is 14.1 Å². The van der Waals surface area contributed by atoms with Crippen molar-refractivity contribution in [3.63, 3.8) is 0 Å².